The summed E-state index contributed by atoms with van der Waals surface area (Å²) < 4.78 is 34.6. The quantitative estimate of drug-likeness (QED) is 0.814. The summed E-state index contributed by atoms with van der Waals surface area (Å²) in [6.07, 6.45) is 0.356. The standard InChI is InChI=1S/C11H16ClNO3S2/c1-2-18(15,16)7-3-6-17(14)11-8-9(12)4-5-10(11)13/h4-5,8H,2-3,6-7,13H2,1H3. The van der Waals surface area contributed by atoms with Crippen LogP contribution in [0.4, 0.5) is 5.69 Å². The highest BCUT2D eigenvalue weighted by Gasteiger charge is 2.12. The van der Waals surface area contributed by atoms with Gasteiger partial charge in [0.2, 0.25) is 0 Å². The summed E-state index contributed by atoms with van der Waals surface area (Å²) in [5.74, 6) is 0.429. The lowest BCUT2D eigenvalue weighted by molar-refractivity contribution is 0.596. The van der Waals surface area contributed by atoms with E-state index in [0.29, 0.717) is 22.0 Å². The zero-order chi connectivity index (χ0) is 13.8. The largest absolute Gasteiger partial charge is 0.398 e. The van der Waals surface area contributed by atoms with E-state index in [0.717, 1.165) is 0 Å². The molecule has 0 aliphatic rings. The average Bonchev–Trinajstić information content (AvgIpc) is 2.32. The van der Waals surface area contributed by atoms with Crippen LogP contribution in [0.15, 0.2) is 23.1 Å². The molecule has 0 aliphatic heterocycles. The first-order chi connectivity index (χ1) is 8.35. The minimum Gasteiger partial charge on any atom is -0.398 e. The molecule has 102 valence electrons. The zero-order valence-electron chi connectivity index (χ0n) is 10.1. The van der Waals surface area contributed by atoms with Crippen LogP contribution in [0.25, 0.3) is 0 Å². The zero-order valence-corrected chi connectivity index (χ0v) is 12.4. The number of nitrogens with two attached hydrogens (primary N) is 1. The van der Waals surface area contributed by atoms with Gasteiger partial charge in [-0.2, -0.15) is 0 Å². The van der Waals surface area contributed by atoms with Gasteiger partial charge >= 0.3 is 0 Å². The molecule has 0 amide bonds. The first-order valence-corrected chi connectivity index (χ1v) is 9.01. The molecule has 0 saturated carbocycles. The van der Waals surface area contributed by atoms with E-state index in [2.05, 4.69) is 0 Å². The molecule has 2 N–H and O–H groups in total. The molecule has 0 saturated heterocycles. The van der Waals surface area contributed by atoms with E-state index < -0.39 is 20.6 Å². The van der Waals surface area contributed by atoms with Crippen molar-refractivity contribution in [2.24, 2.45) is 0 Å². The summed E-state index contributed by atoms with van der Waals surface area (Å²) in [6, 6.07) is 4.78. The van der Waals surface area contributed by atoms with Gasteiger partial charge in [-0.3, -0.25) is 4.21 Å². The van der Waals surface area contributed by atoms with Crippen molar-refractivity contribution in [1.82, 2.24) is 0 Å². The van der Waals surface area contributed by atoms with Gasteiger partial charge < -0.3 is 5.73 Å². The number of hydrogen-bond acceptors (Lipinski definition) is 4. The Morgan fingerprint density at radius 2 is 2.06 bits per heavy atom. The maximum absolute atomic E-state index is 12.0. The molecule has 0 heterocycles. The van der Waals surface area contributed by atoms with Crippen molar-refractivity contribution in [2.45, 2.75) is 18.2 Å². The predicted octanol–water partition coefficient (Wildman–Crippen LogP) is 1.85. The van der Waals surface area contributed by atoms with Crippen molar-refractivity contribution >= 4 is 37.9 Å². The van der Waals surface area contributed by atoms with Gasteiger partial charge in [-0.1, -0.05) is 18.5 Å². The minimum atomic E-state index is -3.01. The molecule has 0 fully saturated rings. The number of halogens is 1. The highest BCUT2D eigenvalue weighted by Crippen LogP contribution is 2.21. The first kappa shape index (κ1) is 15.5. The number of hydrogen-bond donors (Lipinski definition) is 1. The highest BCUT2D eigenvalue weighted by molar-refractivity contribution is 7.91. The van der Waals surface area contributed by atoms with Crippen LogP contribution in [0.1, 0.15) is 13.3 Å². The van der Waals surface area contributed by atoms with E-state index in [1.165, 1.54) is 0 Å². The van der Waals surface area contributed by atoms with Crippen LogP contribution in [-0.2, 0) is 20.6 Å². The molecule has 1 aromatic rings. The maximum Gasteiger partial charge on any atom is 0.150 e. The maximum atomic E-state index is 12.0. The van der Waals surface area contributed by atoms with Crippen LogP contribution in [0, 0.1) is 0 Å². The second-order valence-corrected chi connectivity index (χ2v) is 8.27. The molecule has 4 nitrogen and oxygen atoms in total. The normalized spacial score (nSPS) is 13.4. The molecule has 0 aromatic heterocycles. The van der Waals surface area contributed by atoms with Gasteiger partial charge in [0.15, 0.2) is 0 Å². The summed E-state index contributed by atoms with van der Waals surface area (Å²) in [5.41, 5.74) is 6.12. The summed E-state index contributed by atoms with van der Waals surface area (Å²) in [5, 5.41) is 0.466. The number of benzene rings is 1. The molecule has 1 unspecified atom stereocenters. The lowest BCUT2D eigenvalue weighted by Gasteiger charge is -2.06. The van der Waals surface area contributed by atoms with Gasteiger partial charge in [-0.05, 0) is 24.6 Å². The van der Waals surface area contributed by atoms with Crippen LogP contribution in [0.5, 0.6) is 0 Å². The lowest BCUT2D eigenvalue weighted by atomic mass is 10.3. The monoisotopic (exact) mass is 309 g/mol. The average molecular weight is 310 g/mol. The number of nitrogen functional groups attached to an aromatic ring is 1. The number of anilines is 1. The highest BCUT2D eigenvalue weighted by atomic mass is 35.5. The minimum absolute atomic E-state index is 0.0513. The van der Waals surface area contributed by atoms with Gasteiger partial charge in [-0.25, -0.2) is 8.42 Å². The molecule has 0 bridgehead atoms. The van der Waals surface area contributed by atoms with Gasteiger partial charge in [-0.15, -0.1) is 0 Å². The Morgan fingerprint density at radius 3 is 2.67 bits per heavy atom. The van der Waals surface area contributed by atoms with Gasteiger partial charge in [0, 0.05) is 22.2 Å². The second kappa shape index (κ2) is 6.54. The van der Waals surface area contributed by atoms with Gasteiger partial charge in [0.25, 0.3) is 0 Å². The fraction of sp³-hybridized carbons (Fsp3) is 0.455. The molecule has 0 spiro atoms. The van der Waals surface area contributed by atoms with Crippen molar-refractivity contribution in [3.05, 3.63) is 23.2 Å². The molecule has 0 aliphatic carbocycles. The van der Waals surface area contributed by atoms with Crippen molar-refractivity contribution in [3.63, 3.8) is 0 Å². The van der Waals surface area contributed by atoms with E-state index in [-0.39, 0.29) is 17.3 Å². The van der Waals surface area contributed by atoms with E-state index in [9.17, 15) is 12.6 Å². The Labute approximate surface area is 115 Å². The molecule has 0 radical (unpaired) electrons. The van der Waals surface area contributed by atoms with Crippen LogP contribution in [0.2, 0.25) is 5.02 Å². The summed E-state index contributed by atoms with van der Waals surface area (Å²) in [4.78, 5) is 0.469. The van der Waals surface area contributed by atoms with Crippen LogP contribution >= 0.6 is 11.6 Å². The van der Waals surface area contributed by atoms with Crippen molar-refractivity contribution in [3.8, 4) is 0 Å². The van der Waals surface area contributed by atoms with Crippen LogP contribution in [0.3, 0.4) is 0 Å². The topological polar surface area (TPSA) is 77.2 Å². The van der Waals surface area contributed by atoms with Gasteiger partial charge in [0.1, 0.15) is 9.84 Å². The SMILES string of the molecule is CCS(=O)(=O)CCCS(=O)c1cc(Cl)ccc1N. The molecule has 1 atom stereocenters. The molecular formula is C11H16ClNO3S2. The summed E-state index contributed by atoms with van der Waals surface area (Å²) >= 11 is 5.80. The Kier molecular flexibility index (Phi) is 5.62. The summed E-state index contributed by atoms with van der Waals surface area (Å²) in [6.45, 7) is 1.60. The second-order valence-electron chi connectivity index (χ2n) is 3.82. The lowest BCUT2D eigenvalue weighted by Crippen LogP contribution is -2.12. The van der Waals surface area contributed by atoms with Crippen molar-refractivity contribution < 1.29 is 12.6 Å². The van der Waals surface area contributed by atoms with Gasteiger partial charge in [0.05, 0.1) is 21.4 Å². The third kappa shape index (κ3) is 4.59. The fourth-order valence-corrected chi connectivity index (χ4v) is 3.88. The van der Waals surface area contributed by atoms with Crippen molar-refractivity contribution in [2.75, 3.05) is 23.0 Å². The van der Waals surface area contributed by atoms with E-state index in [4.69, 9.17) is 17.3 Å². The number of sulfone groups is 1. The van der Waals surface area contributed by atoms with Crippen LogP contribution < -0.4 is 5.73 Å². The molecule has 7 heteroatoms. The fourth-order valence-electron chi connectivity index (χ4n) is 1.37. The molecule has 18 heavy (non-hydrogen) atoms. The third-order valence-electron chi connectivity index (χ3n) is 2.45. The Morgan fingerprint density at radius 1 is 1.39 bits per heavy atom. The Hall–Kier alpha value is -0.590. The molecule has 1 rings (SSSR count). The Bertz CT molecular complexity index is 543. The van der Waals surface area contributed by atoms with Crippen LogP contribution in [-0.4, -0.2) is 29.9 Å². The Balaban J connectivity index is 2.64. The van der Waals surface area contributed by atoms with E-state index in [1.807, 2.05) is 0 Å². The third-order valence-corrected chi connectivity index (χ3v) is 5.97. The predicted molar refractivity (Wildman–Crippen MR) is 76.1 cm³/mol. The number of rotatable bonds is 6. The van der Waals surface area contributed by atoms with E-state index in [1.54, 1.807) is 25.1 Å². The molecular weight excluding hydrogens is 294 g/mol. The molecule has 1 aromatic carbocycles. The summed E-state index contributed by atoms with van der Waals surface area (Å²) in [7, 11) is -4.32. The first-order valence-electron chi connectivity index (χ1n) is 5.49. The smallest absolute Gasteiger partial charge is 0.150 e. The van der Waals surface area contributed by atoms with E-state index >= 15 is 0 Å². The van der Waals surface area contributed by atoms with Crippen molar-refractivity contribution in [1.29, 1.82) is 0 Å².